The highest BCUT2D eigenvalue weighted by molar-refractivity contribution is 7.09. The van der Waals surface area contributed by atoms with Crippen molar-refractivity contribution in [2.75, 3.05) is 6.54 Å². The Morgan fingerprint density at radius 3 is 2.89 bits per heavy atom. The van der Waals surface area contributed by atoms with Crippen LogP contribution < -0.4 is 15.4 Å². The molecule has 4 rings (SSSR count). The number of hydrogen-bond donors (Lipinski definition) is 2. The third kappa shape index (κ3) is 4.33. The topological polar surface area (TPSA) is 76.4 Å². The molecule has 0 aliphatic carbocycles. The average molecular weight is 397 g/mol. The van der Waals surface area contributed by atoms with E-state index in [0.29, 0.717) is 13.1 Å². The van der Waals surface area contributed by atoms with Gasteiger partial charge >= 0.3 is 0 Å². The third-order valence-electron chi connectivity index (χ3n) is 4.78. The van der Waals surface area contributed by atoms with Crippen LogP contribution in [-0.2, 0) is 26.6 Å². The number of ether oxygens (including phenoxy) is 1. The van der Waals surface area contributed by atoms with Crippen molar-refractivity contribution in [2.24, 2.45) is 12.0 Å². The number of aryl methyl sites for hydroxylation is 1. The molecule has 2 aromatic heterocycles. The van der Waals surface area contributed by atoms with Gasteiger partial charge in [0.25, 0.3) is 0 Å². The van der Waals surface area contributed by atoms with E-state index in [1.165, 1.54) is 10.4 Å². The fraction of sp³-hybridized carbons (Fsp3) is 0.350. The molecular weight excluding hydrogens is 372 g/mol. The Hall–Kier alpha value is -2.87. The van der Waals surface area contributed by atoms with Crippen molar-refractivity contribution >= 4 is 17.3 Å². The van der Waals surface area contributed by atoms with Crippen LogP contribution >= 0.6 is 11.3 Å². The molecule has 8 heteroatoms. The minimum Gasteiger partial charge on any atom is -0.488 e. The molecule has 2 N–H and O–H groups in total. The Bertz CT molecular complexity index is 925. The third-order valence-corrected chi connectivity index (χ3v) is 5.66. The molecule has 1 aliphatic rings. The normalized spacial score (nSPS) is 15.9. The lowest BCUT2D eigenvalue weighted by atomic mass is 10.1. The summed E-state index contributed by atoms with van der Waals surface area (Å²) in [7, 11) is 1.95. The highest BCUT2D eigenvalue weighted by Crippen LogP contribution is 2.27. The zero-order valence-electron chi connectivity index (χ0n) is 16.1. The number of nitrogens with zero attached hydrogens (tertiary/aromatic N) is 4. The van der Waals surface area contributed by atoms with Crippen LogP contribution in [0.1, 0.15) is 22.1 Å². The number of hydrogen-bond acceptors (Lipinski definition) is 5. The molecule has 0 amide bonds. The minimum absolute atomic E-state index is 0.100. The molecule has 1 atom stereocenters. The van der Waals surface area contributed by atoms with Gasteiger partial charge in [-0.15, -0.1) is 21.5 Å². The first-order chi connectivity index (χ1) is 13.7. The molecule has 3 heterocycles. The molecule has 1 unspecified atom stereocenters. The summed E-state index contributed by atoms with van der Waals surface area (Å²) >= 11 is 1.72. The second-order valence-electron chi connectivity index (χ2n) is 6.75. The van der Waals surface area contributed by atoms with Gasteiger partial charge in [0.15, 0.2) is 11.8 Å². The van der Waals surface area contributed by atoms with Crippen molar-refractivity contribution in [3.8, 4) is 5.75 Å². The molecular formula is C20H24N6OS. The maximum Gasteiger partial charge on any atom is 0.192 e. The lowest BCUT2D eigenvalue weighted by molar-refractivity contribution is 0.235. The Kier molecular flexibility index (Phi) is 5.57. The van der Waals surface area contributed by atoms with Gasteiger partial charge in [-0.25, -0.2) is 4.99 Å². The average Bonchev–Trinajstić information content (AvgIpc) is 3.43. The van der Waals surface area contributed by atoms with Gasteiger partial charge in [-0.3, -0.25) is 0 Å². The number of fused-ring (bicyclic) bond motifs is 1. The van der Waals surface area contributed by atoms with Crippen LogP contribution in [0.25, 0.3) is 0 Å². The van der Waals surface area contributed by atoms with E-state index in [1.54, 1.807) is 11.3 Å². The number of nitrogens with one attached hydrogen (secondary N) is 2. The standard InChI is InChI=1S/C20H24N6OS/c1-14-24-25-19(26(14)2)13-23-20(22-12-17-7-5-9-28-17)21-11-16-10-15-6-3-4-8-18(15)27-16/h3-9,16H,10-13H2,1-2H3,(H2,21,22,23). The summed E-state index contributed by atoms with van der Waals surface area (Å²) in [5.74, 6) is 3.44. The number of aromatic nitrogens is 3. The fourth-order valence-electron chi connectivity index (χ4n) is 3.08. The lowest BCUT2D eigenvalue weighted by Gasteiger charge is -2.16. The second kappa shape index (κ2) is 8.43. The van der Waals surface area contributed by atoms with Crippen LogP contribution in [0.15, 0.2) is 46.8 Å². The Morgan fingerprint density at radius 2 is 2.14 bits per heavy atom. The van der Waals surface area contributed by atoms with E-state index in [0.717, 1.165) is 36.3 Å². The fourth-order valence-corrected chi connectivity index (χ4v) is 3.72. The van der Waals surface area contributed by atoms with E-state index >= 15 is 0 Å². The number of aliphatic imine (C=N–C) groups is 1. The number of rotatable bonds is 6. The van der Waals surface area contributed by atoms with Gasteiger partial charge in [0.05, 0.1) is 13.1 Å². The maximum atomic E-state index is 6.02. The summed E-state index contributed by atoms with van der Waals surface area (Å²) in [4.78, 5) is 5.96. The summed E-state index contributed by atoms with van der Waals surface area (Å²) in [5, 5.41) is 17.2. The van der Waals surface area contributed by atoms with E-state index in [2.05, 4.69) is 50.5 Å². The molecule has 0 saturated heterocycles. The van der Waals surface area contributed by atoms with Gasteiger partial charge in [0.1, 0.15) is 24.2 Å². The summed E-state index contributed by atoms with van der Waals surface area (Å²) in [5.41, 5.74) is 1.26. The van der Waals surface area contributed by atoms with E-state index in [9.17, 15) is 0 Å². The molecule has 0 saturated carbocycles. The van der Waals surface area contributed by atoms with Crippen LogP contribution in [0, 0.1) is 6.92 Å². The predicted octanol–water partition coefficient (Wildman–Crippen LogP) is 2.42. The van der Waals surface area contributed by atoms with Crippen molar-refractivity contribution in [2.45, 2.75) is 32.5 Å². The summed E-state index contributed by atoms with van der Waals surface area (Å²) < 4.78 is 7.98. The Labute approximate surface area is 168 Å². The van der Waals surface area contributed by atoms with Gasteiger partial charge in [-0.05, 0) is 30.0 Å². The molecule has 1 aliphatic heterocycles. The lowest BCUT2D eigenvalue weighted by Crippen LogP contribution is -2.42. The zero-order valence-corrected chi connectivity index (χ0v) is 16.9. The van der Waals surface area contributed by atoms with Crippen LogP contribution in [0.2, 0.25) is 0 Å². The van der Waals surface area contributed by atoms with E-state index in [1.807, 2.05) is 30.7 Å². The SMILES string of the molecule is Cc1nnc(CN=C(NCc2cccs2)NCC2Cc3ccccc3O2)n1C. The number of benzene rings is 1. The molecule has 0 fully saturated rings. The van der Waals surface area contributed by atoms with Crippen LogP contribution in [-0.4, -0.2) is 33.4 Å². The molecule has 146 valence electrons. The van der Waals surface area contributed by atoms with Crippen molar-refractivity contribution < 1.29 is 4.74 Å². The van der Waals surface area contributed by atoms with Crippen molar-refractivity contribution in [3.63, 3.8) is 0 Å². The number of thiophene rings is 1. The Morgan fingerprint density at radius 1 is 1.25 bits per heavy atom. The smallest absolute Gasteiger partial charge is 0.192 e. The summed E-state index contributed by atoms with van der Waals surface area (Å²) in [6.45, 7) is 3.81. The van der Waals surface area contributed by atoms with Crippen LogP contribution in [0.4, 0.5) is 0 Å². The quantitative estimate of drug-likeness (QED) is 0.494. The molecule has 0 bridgehead atoms. The van der Waals surface area contributed by atoms with E-state index in [4.69, 9.17) is 9.73 Å². The maximum absolute atomic E-state index is 6.02. The summed E-state index contributed by atoms with van der Waals surface area (Å²) in [6, 6.07) is 12.4. The monoisotopic (exact) mass is 396 g/mol. The second-order valence-corrected chi connectivity index (χ2v) is 7.79. The van der Waals surface area contributed by atoms with Gasteiger partial charge < -0.3 is 19.9 Å². The van der Waals surface area contributed by atoms with Crippen molar-refractivity contribution in [1.82, 2.24) is 25.4 Å². The largest absolute Gasteiger partial charge is 0.488 e. The highest BCUT2D eigenvalue weighted by Gasteiger charge is 2.22. The summed E-state index contributed by atoms with van der Waals surface area (Å²) in [6.07, 6.45) is 1.01. The van der Waals surface area contributed by atoms with Crippen molar-refractivity contribution in [1.29, 1.82) is 0 Å². The van der Waals surface area contributed by atoms with Crippen LogP contribution in [0.3, 0.4) is 0 Å². The number of para-hydroxylation sites is 1. The van der Waals surface area contributed by atoms with Gasteiger partial charge in [0, 0.05) is 18.3 Å². The minimum atomic E-state index is 0.100. The first kappa shape index (κ1) is 18.5. The first-order valence-electron chi connectivity index (χ1n) is 9.33. The van der Waals surface area contributed by atoms with Gasteiger partial charge in [-0.1, -0.05) is 24.3 Å². The molecule has 3 aromatic rings. The van der Waals surface area contributed by atoms with Crippen LogP contribution in [0.5, 0.6) is 5.75 Å². The first-order valence-corrected chi connectivity index (χ1v) is 10.2. The highest BCUT2D eigenvalue weighted by atomic mass is 32.1. The van der Waals surface area contributed by atoms with E-state index < -0.39 is 0 Å². The zero-order chi connectivity index (χ0) is 19.3. The molecule has 7 nitrogen and oxygen atoms in total. The Balaban J connectivity index is 1.39. The van der Waals surface area contributed by atoms with E-state index in [-0.39, 0.29) is 6.10 Å². The molecule has 0 radical (unpaired) electrons. The molecule has 0 spiro atoms. The van der Waals surface area contributed by atoms with Crippen molar-refractivity contribution in [3.05, 3.63) is 63.9 Å². The predicted molar refractivity (Wildman–Crippen MR) is 111 cm³/mol. The van der Waals surface area contributed by atoms with Gasteiger partial charge in [-0.2, -0.15) is 0 Å². The number of guanidine groups is 1. The molecule has 28 heavy (non-hydrogen) atoms. The molecule has 1 aromatic carbocycles. The van der Waals surface area contributed by atoms with Gasteiger partial charge in [0.2, 0.25) is 0 Å².